The number of nitrogens with one attached hydrogen (secondary N) is 2. The Morgan fingerprint density at radius 2 is 1.81 bits per heavy atom. The molecule has 0 aliphatic carbocycles. The number of carbonyl (C=O) groups excluding carboxylic acids is 1. The van der Waals surface area contributed by atoms with Crippen LogP contribution in [0.4, 0.5) is 4.39 Å². The van der Waals surface area contributed by atoms with E-state index in [2.05, 4.69) is 10.0 Å². The number of halogens is 1. The van der Waals surface area contributed by atoms with Crippen LogP contribution >= 0.6 is 0 Å². The van der Waals surface area contributed by atoms with Gasteiger partial charge in [-0.25, -0.2) is 17.5 Å². The lowest BCUT2D eigenvalue weighted by molar-refractivity contribution is 0.0956. The number of sulfonamides is 1. The maximum atomic E-state index is 12.8. The number of rotatable bonds is 7. The number of ether oxygens (including phenoxy) is 2. The first-order chi connectivity index (χ1) is 12.4. The average molecular weight is 380 g/mol. The Kier molecular flexibility index (Phi) is 5.38. The molecule has 3 rings (SSSR count). The highest BCUT2D eigenvalue weighted by Crippen LogP contribution is 2.32. The first-order valence-corrected chi connectivity index (χ1v) is 9.48. The minimum absolute atomic E-state index is 0.0628. The molecule has 1 amide bonds. The van der Waals surface area contributed by atoms with Gasteiger partial charge >= 0.3 is 0 Å². The molecule has 1 heterocycles. The monoisotopic (exact) mass is 380 g/mol. The van der Waals surface area contributed by atoms with Crippen molar-refractivity contribution in [2.45, 2.75) is 6.54 Å². The van der Waals surface area contributed by atoms with Gasteiger partial charge < -0.3 is 14.8 Å². The van der Waals surface area contributed by atoms with E-state index in [9.17, 15) is 17.6 Å². The second-order valence-corrected chi connectivity index (χ2v) is 7.52. The van der Waals surface area contributed by atoms with E-state index in [1.54, 1.807) is 18.2 Å². The molecule has 7 nitrogen and oxygen atoms in total. The Hall–Kier alpha value is -2.65. The number of carbonyl (C=O) groups is 1. The Bertz CT molecular complexity index is 900. The quantitative estimate of drug-likeness (QED) is 0.757. The van der Waals surface area contributed by atoms with Gasteiger partial charge in [-0.05, 0) is 42.0 Å². The maximum Gasteiger partial charge on any atom is 0.251 e. The van der Waals surface area contributed by atoms with Crippen molar-refractivity contribution >= 4 is 15.9 Å². The van der Waals surface area contributed by atoms with Crippen molar-refractivity contribution in [3.8, 4) is 11.5 Å². The zero-order chi connectivity index (χ0) is 18.6. The Morgan fingerprint density at radius 1 is 1.08 bits per heavy atom. The van der Waals surface area contributed by atoms with Crippen molar-refractivity contribution in [1.82, 2.24) is 10.0 Å². The summed E-state index contributed by atoms with van der Waals surface area (Å²) in [5, 5.41) is 2.49. The lowest BCUT2D eigenvalue weighted by atomic mass is 10.2. The van der Waals surface area contributed by atoms with E-state index in [0.29, 0.717) is 11.5 Å². The van der Waals surface area contributed by atoms with Gasteiger partial charge in [-0.1, -0.05) is 6.07 Å². The van der Waals surface area contributed by atoms with Crippen LogP contribution in [0.1, 0.15) is 15.9 Å². The number of hydrogen-bond acceptors (Lipinski definition) is 5. The van der Waals surface area contributed by atoms with Crippen molar-refractivity contribution in [2.75, 3.05) is 19.1 Å². The standard InChI is InChI=1S/C17H17FN2O5S/c18-14-4-2-13(3-5-14)17(21)19-7-8-26(22,23)20-10-12-1-6-15-16(9-12)25-11-24-15/h1-6,9,20H,7-8,10-11H2,(H,19,21). The summed E-state index contributed by atoms with van der Waals surface area (Å²) in [4.78, 5) is 11.9. The number of amides is 1. The van der Waals surface area contributed by atoms with E-state index >= 15 is 0 Å². The van der Waals surface area contributed by atoms with Crippen molar-refractivity contribution in [3.63, 3.8) is 0 Å². The van der Waals surface area contributed by atoms with Crippen LogP contribution in [0.25, 0.3) is 0 Å². The lowest BCUT2D eigenvalue weighted by Crippen LogP contribution is -2.34. The molecule has 2 aromatic carbocycles. The van der Waals surface area contributed by atoms with E-state index in [0.717, 1.165) is 5.56 Å². The van der Waals surface area contributed by atoms with Crippen molar-refractivity contribution < 1.29 is 27.1 Å². The molecule has 1 aliphatic rings. The number of hydrogen-bond donors (Lipinski definition) is 2. The number of benzene rings is 2. The molecule has 2 N–H and O–H groups in total. The molecule has 9 heteroatoms. The molecule has 0 spiro atoms. The molecule has 0 bridgehead atoms. The van der Waals surface area contributed by atoms with Crippen molar-refractivity contribution in [3.05, 3.63) is 59.4 Å². The zero-order valence-corrected chi connectivity index (χ0v) is 14.5. The van der Waals surface area contributed by atoms with Crippen LogP contribution in [0.2, 0.25) is 0 Å². The fraction of sp³-hybridized carbons (Fsp3) is 0.235. The maximum absolute atomic E-state index is 12.8. The molecule has 0 radical (unpaired) electrons. The summed E-state index contributed by atoms with van der Waals surface area (Å²) in [6.07, 6.45) is 0. The van der Waals surface area contributed by atoms with Gasteiger partial charge in [0.15, 0.2) is 11.5 Å². The molecule has 0 unspecified atom stereocenters. The van der Waals surface area contributed by atoms with Crippen LogP contribution in [0.15, 0.2) is 42.5 Å². The molecule has 0 atom stereocenters. The molecule has 0 aromatic heterocycles. The minimum Gasteiger partial charge on any atom is -0.454 e. The van der Waals surface area contributed by atoms with Gasteiger partial charge in [-0.3, -0.25) is 4.79 Å². The van der Waals surface area contributed by atoms with Gasteiger partial charge in [0.05, 0.1) is 5.75 Å². The third kappa shape index (κ3) is 4.70. The van der Waals surface area contributed by atoms with Crippen LogP contribution < -0.4 is 19.5 Å². The summed E-state index contributed by atoms with van der Waals surface area (Å²) >= 11 is 0. The summed E-state index contributed by atoms with van der Waals surface area (Å²) < 4.78 is 49.8. The predicted molar refractivity (Wildman–Crippen MR) is 91.9 cm³/mol. The molecule has 1 aliphatic heterocycles. The van der Waals surface area contributed by atoms with Crippen LogP contribution in [-0.4, -0.2) is 33.4 Å². The number of fused-ring (bicyclic) bond motifs is 1. The van der Waals surface area contributed by atoms with Crippen LogP contribution in [0.5, 0.6) is 11.5 Å². The largest absolute Gasteiger partial charge is 0.454 e. The van der Waals surface area contributed by atoms with Gasteiger partial charge in [0, 0.05) is 18.7 Å². The smallest absolute Gasteiger partial charge is 0.251 e. The average Bonchev–Trinajstić information content (AvgIpc) is 3.08. The van der Waals surface area contributed by atoms with E-state index < -0.39 is 21.7 Å². The van der Waals surface area contributed by atoms with Crippen LogP contribution in [0, 0.1) is 5.82 Å². The molecule has 2 aromatic rings. The molecular weight excluding hydrogens is 363 g/mol. The summed E-state index contributed by atoms with van der Waals surface area (Å²) in [5.41, 5.74) is 0.991. The molecule has 0 saturated carbocycles. The fourth-order valence-corrected chi connectivity index (χ4v) is 3.22. The summed E-state index contributed by atoms with van der Waals surface area (Å²) in [7, 11) is -3.58. The van der Waals surface area contributed by atoms with Gasteiger partial charge in [0.25, 0.3) is 5.91 Å². The topological polar surface area (TPSA) is 93.7 Å². The summed E-state index contributed by atoms with van der Waals surface area (Å²) in [5.74, 6) is 0.0194. The third-order valence-electron chi connectivity index (χ3n) is 3.70. The Morgan fingerprint density at radius 3 is 2.58 bits per heavy atom. The summed E-state index contributed by atoms with van der Waals surface area (Å²) in [6, 6.07) is 10.2. The molecular formula is C17H17FN2O5S. The Balaban J connectivity index is 1.46. The first kappa shape index (κ1) is 18.2. The Labute approximate surface area is 150 Å². The highest BCUT2D eigenvalue weighted by Gasteiger charge is 2.15. The fourth-order valence-electron chi connectivity index (χ4n) is 2.32. The van der Waals surface area contributed by atoms with Gasteiger partial charge in [-0.15, -0.1) is 0 Å². The second-order valence-electron chi connectivity index (χ2n) is 5.59. The van der Waals surface area contributed by atoms with Crippen LogP contribution in [-0.2, 0) is 16.6 Å². The lowest BCUT2D eigenvalue weighted by Gasteiger charge is -2.09. The van der Waals surface area contributed by atoms with Crippen molar-refractivity contribution in [2.24, 2.45) is 0 Å². The minimum atomic E-state index is -3.58. The highest BCUT2D eigenvalue weighted by atomic mass is 32.2. The van der Waals surface area contributed by atoms with Gasteiger partial charge in [0.2, 0.25) is 16.8 Å². The van der Waals surface area contributed by atoms with Gasteiger partial charge in [-0.2, -0.15) is 0 Å². The highest BCUT2D eigenvalue weighted by molar-refractivity contribution is 7.89. The predicted octanol–water partition coefficient (Wildman–Crippen LogP) is 1.40. The van der Waals surface area contributed by atoms with E-state index in [-0.39, 0.29) is 31.2 Å². The second kappa shape index (κ2) is 7.71. The molecule has 138 valence electrons. The van der Waals surface area contributed by atoms with Crippen molar-refractivity contribution in [1.29, 1.82) is 0 Å². The third-order valence-corrected chi connectivity index (χ3v) is 5.02. The SMILES string of the molecule is O=C(NCCS(=O)(=O)NCc1ccc2c(c1)OCO2)c1ccc(F)cc1. The molecule has 0 fully saturated rings. The van der Waals surface area contributed by atoms with E-state index in [1.165, 1.54) is 24.3 Å². The summed E-state index contributed by atoms with van der Waals surface area (Å²) in [6.45, 7) is 0.190. The van der Waals surface area contributed by atoms with E-state index in [4.69, 9.17) is 9.47 Å². The zero-order valence-electron chi connectivity index (χ0n) is 13.7. The van der Waals surface area contributed by atoms with E-state index in [1.807, 2.05) is 0 Å². The molecule has 0 saturated heterocycles. The first-order valence-electron chi connectivity index (χ1n) is 7.82. The normalized spacial score (nSPS) is 12.8. The van der Waals surface area contributed by atoms with Gasteiger partial charge in [0.1, 0.15) is 5.82 Å². The van der Waals surface area contributed by atoms with Crippen LogP contribution in [0.3, 0.4) is 0 Å². The molecule has 26 heavy (non-hydrogen) atoms.